The van der Waals surface area contributed by atoms with Gasteiger partial charge >= 0.3 is 5.97 Å². The molecule has 1 aliphatic carbocycles. The molecule has 4 nitrogen and oxygen atoms in total. The van der Waals surface area contributed by atoms with Crippen LogP contribution in [0.2, 0.25) is 0 Å². The zero-order valence-electron chi connectivity index (χ0n) is 7.36. The second-order valence-electron chi connectivity index (χ2n) is 3.07. The zero-order valence-corrected chi connectivity index (χ0v) is 8.18. The second-order valence-corrected chi connectivity index (χ2v) is 3.07. The lowest BCUT2D eigenvalue weighted by Crippen LogP contribution is -2.20. The normalized spacial score (nSPS) is 15.1. The number of carbonyl (C=O) groups is 1. The molecule has 0 atom stereocenters. The van der Waals surface area contributed by atoms with Crippen LogP contribution in [0.1, 0.15) is 19.3 Å². The largest absolute Gasteiger partial charge is 0.462 e. The van der Waals surface area contributed by atoms with E-state index in [1.807, 2.05) is 0 Å². The van der Waals surface area contributed by atoms with Crippen molar-refractivity contribution in [1.82, 2.24) is 0 Å². The van der Waals surface area contributed by atoms with E-state index in [4.69, 9.17) is 16.2 Å². The van der Waals surface area contributed by atoms with Crippen LogP contribution in [-0.4, -0.2) is 12.6 Å². The topological polar surface area (TPSA) is 78.3 Å². The summed E-state index contributed by atoms with van der Waals surface area (Å²) in [7, 11) is 0. The summed E-state index contributed by atoms with van der Waals surface area (Å²) in [5.41, 5.74) is 10.2. The molecule has 0 aromatic heterocycles. The molecule has 1 rings (SSSR count). The molecule has 4 N–H and O–H groups in total. The molecule has 0 heterocycles. The molecule has 0 amide bonds. The second kappa shape index (κ2) is 5.70. The molecular weight excluding hydrogens is 192 g/mol. The van der Waals surface area contributed by atoms with Gasteiger partial charge in [-0.3, -0.25) is 0 Å². The Bertz CT molecular complexity index is 198. The van der Waals surface area contributed by atoms with Crippen LogP contribution in [0.15, 0.2) is 11.9 Å². The number of nitrogens with two attached hydrogens (primary N) is 2. The van der Waals surface area contributed by atoms with Crippen molar-refractivity contribution in [3.8, 4) is 0 Å². The van der Waals surface area contributed by atoms with E-state index in [1.54, 1.807) is 0 Å². The third-order valence-corrected chi connectivity index (χ3v) is 1.97. The summed E-state index contributed by atoms with van der Waals surface area (Å²) in [5.74, 6) is 0.108. The highest BCUT2D eigenvalue weighted by Gasteiger charge is 2.18. The predicted molar refractivity (Wildman–Crippen MR) is 52.0 cm³/mol. The third kappa shape index (κ3) is 4.62. The SMILES string of the molecule is Cl.NC(N)=CC(=O)OCC1CCC1. The van der Waals surface area contributed by atoms with Crippen LogP contribution in [0.25, 0.3) is 0 Å². The molecule has 0 saturated heterocycles. The number of halogens is 1. The van der Waals surface area contributed by atoms with Crippen LogP contribution in [0.3, 0.4) is 0 Å². The van der Waals surface area contributed by atoms with Crippen molar-refractivity contribution in [2.45, 2.75) is 19.3 Å². The number of rotatable bonds is 3. The van der Waals surface area contributed by atoms with Crippen molar-refractivity contribution in [2.24, 2.45) is 17.4 Å². The van der Waals surface area contributed by atoms with Gasteiger partial charge in [0.2, 0.25) is 0 Å². The monoisotopic (exact) mass is 206 g/mol. The summed E-state index contributed by atoms with van der Waals surface area (Å²) in [6, 6.07) is 0. The van der Waals surface area contributed by atoms with Crippen molar-refractivity contribution in [3.63, 3.8) is 0 Å². The molecule has 0 spiro atoms. The zero-order chi connectivity index (χ0) is 8.97. The molecule has 0 radical (unpaired) electrons. The molecule has 76 valence electrons. The molecule has 0 aromatic rings. The highest BCUT2D eigenvalue weighted by atomic mass is 35.5. The fourth-order valence-electron chi connectivity index (χ4n) is 1.04. The lowest BCUT2D eigenvalue weighted by Gasteiger charge is -2.24. The molecule has 0 bridgehead atoms. The Morgan fingerprint density at radius 2 is 2.08 bits per heavy atom. The molecule has 1 fully saturated rings. The first-order valence-corrected chi connectivity index (χ1v) is 4.08. The van der Waals surface area contributed by atoms with Crippen molar-refractivity contribution < 1.29 is 9.53 Å². The first-order valence-electron chi connectivity index (χ1n) is 4.08. The minimum atomic E-state index is -0.443. The molecule has 1 saturated carbocycles. The maximum Gasteiger partial charge on any atom is 0.334 e. The van der Waals surface area contributed by atoms with Crippen molar-refractivity contribution >= 4 is 18.4 Å². The van der Waals surface area contributed by atoms with Crippen LogP contribution in [-0.2, 0) is 9.53 Å². The Balaban J connectivity index is 0.00000144. The Kier molecular flexibility index (Phi) is 5.30. The third-order valence-electron chi connectivity index (χ3n) is 1.97. The number of hydrogen-bond donors (Lipinski definition) is 2. The number of ether oxygens (including phenoxy) is 1. The van der Waals surface area contributed by atoms with Gasteiger partial charge < -0.3 is 16.2 Å². The smallest absolute Gasteiger partial charge is 0.334 e. The molecule has 1 aliphatic rings. The van der Waals surface area contributed by atoms with Crippen molar-refractivity contribution in [3.05, 3.63) is 11.9 Å². The Labute approximate surface area is 83.7 Å². The minimum absolute atomic E-state index is 0. The molecule has 0 aliphatic heterocycles. The van der Waals surface area contributed by atoms with Crippen LogP contribution in [0.4, 0.5) is 0 Å². The van der Waals surface area contributed by atoms with Gasteiger partial charge in [0.15, 0.2) is 0 Å². The summed E-state index contributed by atoms with van der Waals surface area (Å²) < 4.78 is 4.88. The summed E-state index contributed by atoms with van der Waals surface area (Å²) >= 11 is 0. The minimum Gasteiger partial charge on any atom is -0.462 e. The summed E-state index contributed by atoms with van der Waals surface area (Å²) in [6.07, 6.45) is 4.67. The highest BCUT2D eigenvalue weighted by Crippen LogP contribution is 2.26. The maximum atomic E-state index is 10.8. The van der Waals surface area contributed by atoms with Gasteiger partial charge in [-0.25, -0.2) is 4.79 Å². The summed E-state index contributed by atoms with van der Waals surface area (Å²) in [4.78, 5) is 10.8. The van der Waals surface area contributed by atoms with Gasteiger partial charge in [0.1, 0.15) is 5.82 Å². The number of hydrogen-bond acceptors (Lipinski definition) is 4. The van der Waals surface area contributed by atoms with Gasteiger partial charge in [-0.2, -0.15) is 0 Å². The van der Waals surface area contributed by atoms with Crippen molar-refractivity contribution in [1.29, 1.82) is 0 Å². The van der Waals surface area contributed by atoms with E-state index in [2.05, 4.69) is 0 Å². The Hall–Kier alpha value is -0.900. The van der Waals surface area contributed by atoms with E-state index in [-0.39, 0.29) is 18.2 Å². The number of esters is 1. The fourth-order valence-corrected chi connectivity index (χ4v) is 1.04. The van der Waals surface area contributed by atoms with Gasteiger partial charge in [0, 0.05) is 0 Å². The van der Waals surface area contributed by atoms with Crippen LogP contribution in [0, 0.1) is 5.92 Å². The first-order chi connectivity index (χ1) is 5.68. The summed E-state index contributed by atoms with van der Waals surface area (Å²) in [5, 5.41) is 0. The van der Waals surface area contributed by atoms with E-state index in [9.17, 15) is 4.79 Å². The Morgan fingerprint density at radius 1 is 1.46 bits per heavy atom. The molecular formula is C8H15ClN2O2. The first kappa shape index (κ1) is 12.1. The van der Waals surface area contributed by atoms with Crippen LogP contribution in [0.5, 0.6) is 0 Å². The average molecular weight is 207 g/mol. The van der Waals surface area contributed by atoms with Gasteiger partial charge in [-0.15, -0.1) is 12.4 Å². The molecule has 13 heavy (non-hydrogen) atoms. The lowest BCUT2D eigenvalue weighted by atomic mass is 9.86. The van der Waals surface area contributed by atoms with E-state index in [1.165, 1.54) is 6.42 Å². The fraction of sp³-hybridized carbons (Fsp3) is 0.625. The van der Waals surface area contributed by atoms with E-state index >= 15 is 0 Å². The van der Waals surface area contributed by atoms with Gasteiger partial charge in [-0.05, 0) is 18.8 Å². The van der Waals surface area contributed by atoms with E-state index in [0.717, 1.165) is 18.9 Å². The molecule has 0 aromatic carbocycles. The van der Waals surface area contributed by atoms with Crippen LogP contribution >= 0.6 is 12.4 Å². The van der Waals surface area contributed by atoms with Gasteiger partial charge in [-0.1, -0.05) is 6.42 Å². The van der Waals surface area contributed by atoms with Crippen LogP contribution < -0.4 is 11.5 Å². The quantitative estimate of drug-likeness (QED) is 0.521. The average Bonchev–Trinajstić information content (AvgIpc) is 1.81. The summed E-state index contributed by atoms with van der Waals surface area (Å²) in [6.45, 7) is 0.503. The molecule has 5 heteroatoms. The van der Waals surface area contributed by atoms with E-state index in [0.29, 0.717) is 12.5 Å². The van der Waals surface area contributed by atoms with Gasteiger partial charge in [0.05, 0.1) is 12.7 Å². The van der Waals surface area contributed by atoms with Gasteiger partial charge in [0.25, 0.3) is 0 Å². The molecule has 0 unspecified atom stereocenters. The van der Waals surface area contributed by atoms with Crippen molar-refractivity contribution in [2.75, 3.05) is 6.61 Å². The predicted octanol–water partition coefficient (Wildman–Crippen LogP) is 0.510. The lowest BCUT2D eigenvalue weighted by molar-refractivity contribution is -0.140. The standard InChI is InChI=1S/C8H14N2O2.ClH/c9-7(10)4-8(11)12-5-6-2-1-3-6;/h4,6H,1-3,5,9-10H2;1H. The maximum absolute atomic E-state index is 10.8. The number of carbonyl (C=O) groups excluding carboxylic acids is 1. The Morgan fingerprint density at radius 3 is 2.46 bits per heavy atom. The van der Waals surface area contributed by atoms with E-state index < -0.39 is 5.97 Å². The highest BCUT2D eigenvalue weighted by molar-refractivity contribution is 5.85.